The highest BCUT2D eigenvalue weighted by molar-refractivity contribution is 5.01. The van der Waals surface area contributed by atoms with E-state index >= 15 is 0 Å². The maximum Gasteiger partial charge on any atom is 0.106 e. The number of hydrogen-bond acceptors (Lipinski definition) is 3. The fraction of sp³-hybridized carbons (Fsp3) is 0.667. The predicted octanol–water partition coefficient (Wildman–Crippen LogP) is 0.192. The number of aryl methyl sites for hydroxylation is 2. The van der Waals surface area contributed by atoms with Gasteiger partial charge in [0.15, 0.2) is 0 Å². The average molecular weight is 182 g/mol. The molecule has 0 saturated heterocycles. The first-order valence-electron chi connectivity index (χ1n) is 4.79. The van der Waals surface area contributed by atoms with Gasteiger partial charge in [0.2, 0.25) is 0 Å². The number of imidazole rings is 1. The molecule has 0 saturated carbocycles. The van der Waals surface area contributed by atoms with Crippen LogP contribution < -0.4 is 11.5 Å². The van der Waals surface area contributed by atoms with Crippen molar-refractivity contribution in [2.24, 2.45) is 11.5 Å². The molecule has 1 aromatic heterocycles. The number of nitrogens with one attached hydrogen (secondary N) is 1. The number of rotatable bonds is 6. The van der Waals surface area contributed by atoms with Crippen LogP contribution in [0.25, 0.3) is 0 Å². The third-order valence-corrected chi connectivity index (χ3v) is 1.95. The van der Waals surface area contributed by atoms with Crippen LogP contribution in [0.4, 0.5) is 0 Å². The minimum absolute atomic E-state index is 0.721. The normalized spacial score (nSPS) is 10.6. The summed E-state index contributed by atoms with van der Waals surface area (Å²) < 4.78 is 0. The highest BCUT2D eigenvalue weighted by Crippen LogP contribution is 2.01. The maximum absolute atomic E-state index is 5.41. The molecule has 4 nitrogen and oxygen atoms in total. The van der Waals surface area contributed by atoms with Crippen LogP contribution >= 0.6 is 0 Å². The van der Waals surface area contributed by atoms with Crippen LogP contribution in [0.15, 0.2) is 6.20 Å². The molecule has 13 heavy (non-hydrogen) atoms. The number of aromatic amines is 1. The molecule has 0 aliphatic rings. The number of nitrogens with two attached hydrogens (primary N) is 2. The summed E-state index contributed by atoms with van der Waals surface area (Å²) >= 11 is 0. The van der Waals surface area contributed by atoms with E-state index in [0.29, 0.717) is 0 Å². The molecule has 4 heteroatoms. The Hall–Kier alpha value is -0.870. The Kier molecular flexibility index (Phi) is 4.49. The second-order valence-electron chi connectivity index (χ2n) is 3.14. The van der Waals surface area contributed by atoms with Gasteiger partial charge in [-0.15, -0.1) is 0 Å². The van der Waals surface area contributed by atoms with Crippen LogP contribution in [0.2, 0.25) is 0 Å². The van der Waals surface area contributed by atoms with Crippen LogP contribution in [-0.4, -0.2) is 23.1 Å². The molecule has 0 unspecified atom stereocenters. The highest BCUT2D eigenvalue weighted by Gasteiger charge is 1.99. The van der Waals surface area contributed by atoms with Gasteiger partial charge in [-0.1, -0.05) is 0 Å². The number of H-pyrrole nitrogens is 1. The molecule has 5 N–H and O–H groups in total. The van der Waals surface area contributed by atoms with Gasteiger partial charge < -0.3 is 16.5 Å². The second kappa shape index (κ2) is 5.72. The molecular weight excluding hydrogens is 164 g/mol. The highest BCUT2D eigenvalue weighted by atomic mass is 14.9. The van der Waals surface area contributed by atoms with Gasteiger partial charge in [-0.3, -0.25) is 0 Å². The molecule has 0 bridgehead atoms. The first-order chi connectivity index (χ1) is 6.36. The number of hydrogen-bond donors (Lipinski definition) is 3. The minimum atomic E-state index is 0.721. The van der Waals surface area contributed by atoms with Gasteiger partial charge in [-0.25, -0.2) is 4.98 Å². The van der Waals surface area contributed by atoms with Gasteiger partial charge in [0, 0.05) is 18.3 Å². The van der Waals surface area contributed by atoms with E-state index in [4.69, 9.17) is 11.5 Å². The fourth-order valence-electron chi connectivity index (χ4n) is 1.22. The van der Waals surface area contributed by atoms with Crippen LogP contribution in [-0.2, 0) is 12.8 Å². The summed E-state index contributed by atoms with van der Waals surface area (Å²) in [5.41, 5.74) is 12.0. The van der Waals surface area contributed by atoms with Crippen molar-refractivity contribution in [1.29, 1.82) is 0 Å². The summed E-state index contributed by atoms with van der Waals surface area (Å²) in [5.74, 6) is 1.04. The monoisotopic (exact) mass is 182 g/mol. The lowest BCUT2D eigenvalue weighted by atomic mass is 10.2. The van der Waals surface area contributed by atoms with Crippen molar-refractivity contribution < 1.29 is 0 Å². The largest absolute Gasteiger partial charge is 0.346 e. The summed E-state index contributed by atoms with van der Waals surface area (Å²) in [5, 5.41) is 0. The molecule has 1 rings (SSSR count). The molecular formula is C9H18N4. The van der Waals surface area contributed by atoms with Crippen molar-refractivity contribution in [2.75, 3.05) is 13.1 Å². The number of aromatic nitrogens is 2. The lowest BCUT2D eigenvalue weighted by Gasteiger charge is -1.94. The second-order valence-corrected chi connectivity index (χ2v) is 3.14. The zero-order valence-electron chi connectivity index (χ0n) is 7.92. The molecule has 0 amide bonds. The fourth-order valence-corrected chi connectivity index (χ4v) is 1.22. The zero-order valence-corrected chi connectivity index (χ0v) is 7.92. The molecule has 0 fully saturated rings. The van der Waals surface area contributed by atoms with Gasteiger partial charge in [-0.05, 0) is 32.4 Å². The Morgan fingerprint density at radius 1 is 1.15 bits per heavy atom. The van der Waals surface area contributed by atoms with E-state index in [1.165, 1.54) is 5.69 Å². The average Bonchev–Trinajstić information content (AvgIpc) is 2.59. The SMILES string of the molecule is NCCCc1cnc(CCCN)[nH]1. The van der Waals surface area contributed by atoms with Crippen molar-refractivity contribution in [3.63, 3.8) is 0 Å². The Morgan fingerprint density at radius 2 is 1.85 bits per heavy atom. The first kappa shape index (κ1) is 10.2. The lowest BCUT2D eigenvalue weighted by Crippen LogP contribution is -2.02. The van der Waals surface area contributed by atoms with Crippen LogP contribution in [0.3, 0.4) is 0 Å². The summed E-state index contributed by atoms with van der Waals surface area (Å²) in [6, 6.07) is 0. The van der Waals surface area contributed by atoms with Crippen molar-refractivity contribution in [1.82, 2.24) is 9.97 Å². The van der Waals surface area contributed by atoms with Crippen molar-refractivity contribution in [2.45, 2.75) is 25.7 Å². The van der Waals surface area contributed by atoms with Gasteiger partial charge in [0.25, 0.3) is 0 Å². The van der Waals surface area contributed by atoms with Gasteiger partial charge >= 0.3 is 0 Å². The molecule has 1 heterocycles. The Morgan fingerprint density at radius 3 is 2.54 bits per heavy atom. The molecule has 74 valence electrons. The Balaban J connectivity index is 2.34. The predicted molar refractivity (Wildman–Crippen MR) is 53.3 cm³/mol. The number of nitrogens with zero attached hydrogens (tertiary/aromatic N) is 1. The zero-order chi connectivity index (χ0) is 9.52. The van der Waals surface area contributed by atoms with E-state index in [9.17, 15) is 0 Å². The smallest absolute Gasteiger partial charge is 0.106 e. The van der Waals surface area contributed by atoms with Gasteiger partial charge in [0.05, 0.1) is 0 Å². The summed E-state index contributed by atoms with van der Waals surface area (Å²) in [7, 11) is 0. The summed E-state index contributed by atoms with van der Waals surface area (Å²) in [6.45, 7) is 1.45. The minimum Gasteiger partial charge on any atom is -0.346 e. The summed E-state index contributed by atoms with van der Waals surface area (Å²) in [6.07, 6.45) is 5.83. The summed E-state index contributed by atoms with van der Waals surface area (Å²) in [4.78, 5) is 7.52. The van der Waals surface area contributed by atoms with E-state index in [1.807, 2.05) is 6.20 Å². The molecule has 1 aromatic rings. The third kappa shape index (κ3) is 3.57. The third-order valence-electron chi connectivity index (χ3n) is 1.95. The van der Waals surface area contributed by atoms with Crippen molar-refractivity contribution >= 4 is 0 Å². The van der Waals surface area contributed by atoms with E-state index in [2.05, 4.69) is 9.97 Å². The van der Waals surface area contributed by atoms with Gasteiger partial charge in [0.1, 0.15) is 5.82 Å². The van der Waals surface area contributed by atoms with Gasteiger partial charge in [-0.2, -0.15) is 0 Å². The Bertz CT molecular complexity index is 209. The maximum atomic E-state index is 5.41. The first-order valence-corrected chi connectivity index (χ1v) is 4.79. The lowest BCUT2D eigenvalue weighted by molar-refractivity contribution is 0.779. The van der Waals surface area contributed by atoms with E-state index in [0.717, 1.165) is 44.6 Å². The van der Waals surface area contributed by atoms with E-state index in [1.54, 1.807) is 0 Å². The molecule has 0 aliphatic carbocycles. The van der Waals surface area contributed by atoms with Crippen LogP contribution in [0, 0.1) is 0 Å². The van der Waals surface area contributed by atoms with Crippen molar-refractivity contribution in [3.8, 4) is 0 Å². The van der Waals surface area contributed by atoms with E-state index < -0.39 is 0 Å². The van der Waals surface area contributed by atoms with Crippen LogP contribution in [0.5, 0.6) is 0 Å². The topological polar surface area (TPSA) is 80.7 Å². The molecule has 0 atom stereocenters. The molecule has 0 aromatic carbocycles. The van der Waals surface area contributed by atoms with E-state index in [-0.39, 0.29) is 0 Å². The van der Waals surface area contributed by atoms with Crippen molar-refractivity contribution in [3.05, 3.63) is 17.7 Å². The molecule has 0 aliphatic heterocycles. The molecule has 0 radical (unpaired) electrons. The standard InChI is InChI=1S/C9H18N4/c10-5-1-3-8-7-12-9(13-8)4-2-6-11/h7H,1-6,10-11H2,(H,12,13). The van der Waals surface area contributed by atoms with Crippen LogP contribution in [0.1, 0.15) is 24.4 Å². The molecule has 0 spiro atoms. The Labute approximate surface area is 78.7 Å². The quantitative estimate of drug-likeness (QED) is 0.587.